The Bertz CT molecular complexity index is 645. The van der Waals surface area contributed by atoms with Crippen LogP contribution in [0, 0.1) is 0 Å². The van der Waals surface area contributed by atoms with Crippen LogP contribution in [-0.4, -0.2) is 22.4 Å². The van der Waals surface area contributed by atoms with Crippen LogP contribution in [0.1, 0.15) is 29.3 Å². The van der Waals surface area contributed by atoms with Gasteiger partial charge in [-0.15, -0.1) is 0 Å². The molecule has 1 aliphatic rings. The van der Waals surface area contributed by atoms with Gasteiger partial charge in [0.15, 0.2) is 11.4 Å². The van der Waals surface area contributed by atoms with E-state index in [-0.39, 0.29) is 5.78 Å². The van der Waals surface area contributed by atoms with Crippen LogP contribution in [0.25, 0.3) is 10.8 Å². The lowest BCUT2D eigenvalue weighted by atomic mass is 9.96. The van der Waals surface area contributed by atoms with Crippen molar-refractivity contribution in [1.29, 1.82) is 0 Å². The number of carbonyl (C=O) groups excluding carboxylic acids is 1. The summed E-state index contributed by atoms with van der Waals surface area (Å²) >= 11 is 1.64. The van der Waals surface area contributed by atoms with Crippen molar-refractivity contribution in [3.63, 3.8) is 0 Å². The van der Waals surface area contributed by atoms with Gasteiger partial charge in [-0.1, -0.05) is 43.3 Å². The molecule has 2 aromatic carbocycles. The monoisotopic (exact) mass is 272 g/mol. The number of hydrogen-bond acceptors (Lipinski definition) is 3. The summed E-state index contributed by atoms with van der Waals surface area (Å²) < 4.78 is 0. The molecule has 2 nitrogen and oxygen atoms in total. The molecule has 0 heterocycles. The first-order chi connectivity index (χ1) is 9.18. The fourth-order valence-electron chi connectivity index (χ4n) is 2.73. The molecule has 1 atom stereocenters. The van der Waals surface area contributed by atoms with Gasteiger partial charge in [-0.25, -0.2) is 0 Å². The minimum Gasteiger partial charge on any atom is -0.376 e. The third-order valence-corrected chi connectivity index (χ3v) is 4.95. The predicted octanol–water partition coefficient (Wildman–Crippen LogP) is 3.37. The predicted molar refractivity (Wildman–Crippen MR) is 79.8 cm³/mol. The maximum Gasteiger partial charge on any atom is 0.200 e. The molecule has 19 heavy (non-hydrogen) atoms. The standard InChI is InChI=1S/C16H16O2S/c1-2-9-19-10-16(18)13-8-4-6-11-5-3-7-12(14(11)13)15(16)17/h3-8,18H,2,9-10H2,1H3. The Balaban J connectivity index is 2.12. The van der Waals surface area contributed by atoms with Gasteiger partial charge >= 0.3 is 0 Å². The SMILES string of the molecule is CCCSCC1(O)C(=O)c2cccc3cccc1c23. The average Bonchev–Trinajstić information content (AvgIpc) is 2.65. The second-order valence-electron chi connectivity index (χ2n) is 4.95. The summed E-state index contributed by atoms with van der Waals surface area (Å²) in [6, 6.07) is 11.5. The molecule has 0 saturated carbocycles. The zero-order valence-electron chi connectivity index (χ0n) is 10.8. The van der Waals surface area contributed by atoms with Crippen molar-refractivity contribution in [3.05, 3.63) is 47.5 Å². The lowest BCUT2D eigenvalue weighted by Crippen LogP contribution is -2.34. The van der Waals surface area contributed by atoms with Crippen molar-refractivity contribution in [2.45, 2.75) is 18.9 Å². The Morgan fingerprint density at radius 1 is 1.21 bits per heavy atom. The van der Waals surface area contributed by atoms with Crippen LogP contribution < -0.4 is 0 Å². The van der Waals surface area contributed by atoms with Gasteiger partial charge in [-0.2, -0.15) is 11.8 Å². The maximum atomic E-state index is 12.5. The molecule has 0 radical (unpaired) electrons. The summed E-state index contributed by atoms with van der Waals surface area (Å²) in [4.78, 5) is 12.5. The molecule has 0 aromatic heterocycles. The van der Waals surface area contributed by atoms with Gasteiger partial charge in [0.05, 0.1) is 0 Å². The van der Waals surface area contributed by atoms with Crippen molar-refractivity contribution < 1.29 is 9.90 Å². The van der Waals surface area contributed by atoms with Gasteiger partial charge < -0.3 is 5.11 Å². The highest BCUT2D eigenvalue weighted by Gasteiger charge is 2.45. The van der Waals surface area contributed by atoms with E-state index >= 15 is 0 Å². The van der Waals surface area contributed by atoms with E-state index in [1.165, 1.54) is 0 Å². The molecule has 1 N–H and O–H groups in total. The minimum atomic E-state index is -1.34. The van der Waals surface area contributed by atoms with Crippen LogP contribution in [0.3, 0.4) is 0 Å². The topological polar surface area (TPSA) is 37.3 Å². The van der Waals surface area contributed by atoms with Crippen molar-refractivity contribution in [2.24, 2.45) is 0 Å². The molecule has 3 heteroatoms. The van der Waals surface area contributed by atoms with Gasteiger partial charge in [0.1, 0.15) is 0 Å². The van der Waals surface area contributed by atoms with Crippen LogP contribution in [-0.2, 0) is 5.60 Å². The number of hydrogen-bond donors (Lipinski definition) is 1. The second kappa shape index (κ2) is 4.66. The second-order valence-corrected chi connectivity index (χ2v) is 6.06. The molecule has 0 saturated heterocycles. The van der Waals surface area contributed by atoms with E-state index in [2.05, 4.69) is 6.92 Å². The molecule has 0 amide bonds. The third-order valence-electron chi connectivity index (χ3n) is 3.63. The highest BCUT2D eigenvalue weighted by molar-refractivity contribution is 7.99. The van der Waals surface area contributed by atoms with Gasteiger partial charge in [0, 0.05) is 16.9 Å². The molecule has 3 rings (SSSR count). The fourth-order valence-corrected chi connectivity index (χ4v) is 3.74. The average molecular weight is 272 g/mol. The minimum absolute atomic E-state index is 0.150. The third kappa shape index (κ3) is 1.80. The molecule has 1 aliphatic carbocycles. The normalized spacial score (nSPS) is 21.3. The lowest BCUT2D eigenvalue weighted by molar-refractivity contribution is 0.0447. The Morgan fingerprint density at radius 3 is 2.68 bits per heavy atom. The van der Waals surface area contributed by atoms with E-state index in [9.17, 15) is 9.90 Å². The fraction of sp³-hybridized carbons (Fsp3) is 0.312. The van der Waals surface area contributed by atoms with Gasteiger partial charge in [0.25, 0.3) is 0 Å². The number of aliphatic hydroxyl groups is 1. The summed E-state index contributed by atoms with van der Waals surface area (Å²) in [5.41, 5.74) is 0.0881. The largest absolute Gasteiger partial charge is 0.376 e. The molecule has 2 aromatic rings. The van der Waals surface area contributed by atoms with E-state index in [0.717, 1.165) is 28.5 Å². The molecule has 0 aliphatic heterocycles. The van der Waals surface area contributed by atoms with Crippen molar-refractivity contribution in [1.82, 2.24) is 0 Å². The molecule has 0 bridgehead atoms. The first kappa shape index (κ1) is 12.7. The van der Waals surface area contributed by atoms with Crippen molar-refractivity contribution in [2.75, 3.05) is 11.5 Å². The quantitative estimate of drug-likeness (QED) is 0.867. The van der Waals surface area contributed by atoms with E-state index in [1.807, 2.05) is 36.4 Å². The summed E-state index contributed by atoms with van der Waals surface area (Å²) in [5, 5.41) is 12.8. The Hall–Kier alpha value is -1.32. The van der Waals surface area contributed by atoms with Crippen LogP contribution in [0.4, 0.5) is 0 Å². The van der Waals surface area contributed by atoms with Gasteiger partial charge in [-0.3, -0.25) is 4.79 Å². The van der Waals surface area contributed by atoms with E-state index in [1.54, 1.807) is 11.8 Å². The molecular formula is C16H16O2S. The first-order valence-electron chi connectivity index (χ1n) is 6.55. The smallest absolute Gasteiger partial charge is 0.200 e. The Labute approximate surface area is 116 Å². The number of rotatable bonds is 4. The number of carbonyl (C=O) groups is 1. The summed E-state index contributed by atoms with van der Waals surface area (Å²) in [7, 11) is 0. The zero-order valence-corrected chi connectivity index (χ0v) is 11.7. The van der Waals surface area contributed by atoms with Crippen LogP contribution >= 0.6 is 11.8 Å². The molecule has 98 valence electrons. The van der Waals surface area contributed by atoms with Crippen LogP contribution in [0.5, 0.6) is 0 Å². The van der Waals surface area contributed by atoms with E-state index in [0.29, 0.717) is 11.3 Å². The number of benzene rings is 2. The lowest BCUT2D eigenvalue weighted by Gasteiger charge is -2.22. The Kier molecular flexibility index (Phi) is 3.11. The highest BCUT2D eigenvalue weighted by atomic mass is 32.2. The summed E-state index contributed by atoms with van der Waals surface area (Å²) in [6.07, 6.45) is 1.05. The maximum absolute atomic E-state index is 12.5. The van der Waals surface area contributed by atoms with Gasteiger partial charge in [-0.05, 0) is 22.9 Å². The van der Waals surface area contributed by atoms with E-state index in [4.69, 9.17) is 0 Å². The molecule has 0 fully saturated rings. The van der Waals surface area contributed by atoms with Crippen LogP contribution in [0.15, 0.2) is 36.4 Å². The number of Topliss-reactive ketones (excluding diaryl/α,β-unsaturated/α-hetero) is 1. The molecule has 1 unspecified atom stereocenters. The van der Waals surface area contributed by atoms with Crippen LogP contribution in [0.2, 0.25) is 0 Å². The number of ketones is 1. The Morgan fingerprint density at radius 2 is 1.95 bits per heavy atom. The zero-order chi connectivity index (χ0) is 13.5. The molecular weight excluding hydrogens is 256 g/mol. The molecule has 0 spiro atoms. The van der Waals surface area contributed by atoms with Crippen molar-refractivity contribution in [3.8, 4) is 0 Å². The summed E-state index contributed by atoms with van der Waals surface area (Å²) in [5.74, 6) is 1.25. The van der Waals surface area contributed by atoms with Gasteiger partial charge in [0.2, 0.25) is 0 Å². The highest BCUT2D eigenvalue weighted by Crippen LogP contribution is 2.42. The van der Waals surface area contributed by atoms with E-state index < -0.39 is 5.60 Å². The van der Waals surface area contributed by atoms with Crippen molar-refractivity contribution >= 4 is 28.3 Å². The number of thioether (sulfide) groups is 1. The summed E-state index contributed by atoms with van der Waals surface area (Å²) in [6.45, 7) is 2.10. The first-order valence-corrected chi connectivity index (χ1v) is 7.71.